The molecule has 0 amide bonds. The maximum absolute atomic E-state index is 12.0. The number of phenols is 1. The van der Waals surface area contributed by atoms with Crippen molar-refractivity contribution in [2.45, 2.75) is 6.42 Å². The molecular weight excluding hydrogens is 360 g/mol. The number of hydrogen-bond acceptors (Lipinski definition) is 6. The van der Waals surface area contributed by atoms with Crippen LogP contribution in [-0.4, -0.2) is 35.3 Å². The number of aliphatic hydroxyl groups excluding tert-OH is 2. The Morgan fingerprint density at radius 1 is 1.11 bits per heavy atom. The number of phenolic OH excluding ortho intramolecular Hbond substituents is 1. The van der Waals surface area contributed by atoms with E-state index in [1.165, 1.54) is 32.4 Å². The summed E-state index contributed by atoms with van der Waals surface area (Å²) in [5, 5.41) is 29.2. The standard InChI is InChI=1S/C22H22O6/c1-27-21-12-15(4-3-5-19(21)25)6-9-17(23)14-18(24)10-7-16-8-11-20(26)22(13-16)28-2/h3,5-14,23,25-26H,4H2,1-2H3/b9-6+,10-7+,17-14-. The van der Waals surface area contributed by atoms with Gasteiger partial charge in [-0.15, -0.1) is 0 Å². The number of ether oxygens (including phenoxy) is 2. The molecule has 0 bridgehead atoms. The largest absolute Gasteiger partial charge is 0.508 e. The molecule has 146 valence electrons. The van der Waals surface area contributed by atoms with Gasteiger partial charge in [0.25, 0.3) is 0 Å². The van der Waals surface area contributed by atoms with Crippen LogP contribution in [0.4, 0.5) is 0 Å². The van der Waals surface area contributed by atoms with Crippen molar-refractivity contribution in [1.82, 2.24) is 0 Å². The van der Waals surface area contributed by atoms with Gasteiger partial charge in [0.1, 0.15) is 5.76 Å². The fraction of sp³-hybridized carbons (Fsp3) is 0.136. The number of carbonyl (C=O) groups excluding carboxylic acids is 1. The lowest BCUT2D eigenvalue weighted by Crippen LogP contribution is -1.90. The second kappa shape index (κ2) is 9.87. The third-order valence-electron chi connectivity index (χ3n) is 3.82. The average molecular weight is 382 g/mol. The van der Waals surface area contributed by atoms with Crippen molar-refractivity contribution in [3.8, 4) is 11.5 Å². The summed E-state index contributed by atoms with van der Waals surface area (Å²) in [6.45, 7) is 0. The Balaban J connectivity index is 2.05. The van der Waals surface area contributed by atoms with E-state index in [4.69, 9.17) is 9.47 Å². The quantitative estimate of drug-likeness (QED) is 0.370. The van der Waals surface area contributed by atoms with E-state index in [1.807, 2.05) is 0 Å². The smallest absolute Gasteiger partial charge is 0.182 e. The number of aliphatic hydroxyl groups is 2. The summed E-state index contributed by atoms with van der Waals surface area (Å²) in [4.78, 5) is 12.0. The van der Waals surface area contributed by atoms with Crippen LogP contribution in [0.15, 0.2) is 83.6 Å². The zero-order valence-corrected chi connectivity index (χ0v) is 15.6. The Bertz CT molecular complexity index is 913. The Morgan fingerprint density at radius 2 is 1.89 bits per heavy atom. The molecule has 1 aromatic rings. The van der Waals surface area contributed by atoms with E-state index in [0.29, 0.717) is 23.5 Å². The lowest BCUT2D eigenvalue weighted by Gasteiger charge is -2.03. The molecule has 3 N–H and O–H groups in total. The number of carbonyl (C=O) groups is 1. The Morgan fingerprint density at radius 3 is 2.61 bits per heavy atom. The van der Waals surface area contributed by atoms with Gasteiger partial charge in [-0.1, -0.05) is 24.3 Å². The van der Waals surface area contributed by atoms with Crippen molar-refractivity contribution in [3.63, 3.8) is 0 Å². The maximum atomic E-state index is 12.0. The van der Waals surface area contributed by atoms with Crippen LogP contribution < -0.4 is 4.74 Å². The van der Waals surface area contributed by atoms with Gasteiger partial charge in [-0.05, 0) is 54.0 Å². The first-order valence-electron chi connectivity index (χ1n) is 8.45. The van der Waals surface area contributed by atoms with Crippen molar-refractivity contribution in [3.05, 3.63) is 89.1 Å². The molecule has 6 nitrogen and oxygen atoms in total. The molecule has 0 saturated heterocycles. The molecule has 0 atom stereocenters. The van der Waals surface area contributed by atoms with E-state index in [9.17, 15) is 20.1 Å². The molecule has 1 aliphatic rings. The van der Waals surface area contributed by atoms with E-state index >= 15 is 0 Å². The Kier molecular flexibility index (Phi) is 7.28. The summed E-state index contributed by atoms with van der Waals surface area (Å²) < 4.78 is 10.1. The van der Waals surface area contributed by atoms with Crippen LogP contribution in [0, 0.1) is 0 Å². The number of rotatable bonds is 7. The normalized spacial score (nSPS) is 15.1. The Labute approximate surface area is 163 Å². The van der Waals surface area contributed by atoms with Crippen LogP contribution in [0.25, 0.3) is 6.08 Å². The molecule has 2 rings (SSSR count). The van der Waals surface area contributed by atoms with E-state index in [-0.39, 0.29) is 17.3 Å². The fourth-order valence-corrected chi connectivity index (χ4v) is 2.38. The zero-order chi connectivity index (χ0) is 20.5. The van der Waals surface area contributed by atoms with E-state index < -0.39 is 5.78 Å². The van der Waals surface area contributed by atoms with Gasteiger partial charge < -0.3 is 24.8 Å². The third kappa shape index (κ3) is 5.95. The number of methoxy groups -OCH3 is 2. The predicted molar refractivity (Wildman–Crippen MR) is 107 cm³/mol. The van der Waals surface area contributed by atoms with Gasteiger partial charge in [0, 0.05) is 6.08 Å². The number of benzene rings is 1. The summed E-state index contributed by atoms with van der Waals surface area (Å²) in [5.41, 5.74) is 1.46. The van der Waals surface area contributed by atoms with Crippen LogP contribution in [0.5, 0.6) is 11.5 Å². The van der Waals surface area contributed by atoms with Crippen molar-refractivity contribution in [2.24, 2.45) is 0 Å². The second-order valence-electron chi connectivity index (χ2n) is 5.85. The third-order valence-corrected chi connectivity index (χ3v) is 3.82. The molecular formula is C22H22O6. The lowest BCUT2D eigenvalue weighted by atomic mass is 10.1. The van der Waals surface area contributed by atoms with Gasteiger partial charge in [-0.3, -0.25) is 4.79 Å². The minimum Gasteiger partial charge on any atom is -0.508 e. The van der Waals surface area contributed by atoms with Crippen molar-refractivity contribution < 1.29 is 29.6 Å². The summed E-state index contributed by atoms with van der Waals surface area (Å²) in [7, 11) is 2.89. The van der Waals surface area contributed by atoms with Crippen molar-refractivity contribution >= 4 is 11.9 Å². The highest BCUT2D eigenvalue weighted by molar-refractivity contribution is 6.02. The lowest BCUT2D eigenvalue weighted by molar-refractivity contribution is -0.110. The summed E-state index contributed by atoms with van der Waals surface area (Å²) in [6, 6.07) is 4.69. The summed E-state index contributed by atoms with van der Waals surface area (Å²) in [6.07, 6.45) is 12.5. The van der Waals surface area contributed by atoms with E-state index in [2.05, 4.69) is 0 Å². The monoisotopic (exact) mass is 382 g/mol. The SMILES string of the molecule is COC1=C(O)C=CCC(/C=C/C(O)=C/C(=O)/C=C/c2ccc(O)c(OC)c2)=C1. The van der Waals surface area contributed by atoms with Crippen LogP contribution in [0.2, 0.25) is 0 Å². The number of allylic oxidation sites excluding steroid dienone is 8. The minimum absolute atomic E-state index is 0.0103. The van der Waals surface area contributed by atoms with Gasteiger partial charge in [-0.25, -0.2) is 0 Å². The molecule has 1 aromatic carbocycles. The van der Waals surface area contributed by atoms with Gasteiger partial charge >= 0.3 is 0 Å². The molecule has 0 spiro atoms. The molecule has 0 aromatic heterocycles. The van der Waals surface area contributed by atoms with Crippen LogP contribution in [0.3, 0.4) is 0 Å². The fourth-order valence-electron chi connectivity index (χ4n) is 2.38. The molecule has 0 heterocycles. The number of hydrogen-bond donors (Lipinski definition) is 3. The highest BCUT2D eigenvalue weighted by Crippen LogP contribution is 2.26. The summed E-state index contributed by atoms with van der Waals surface area (Å²) >= 11 is 0. The second-order valence-corrected chi connectivity index (χ2v) is 5.85. The molecule has 0 unspecified atom stereocenters. The van der Waals surface area contributed by atoms with Gasteiger partial charge in [-0.2, -0.15) is 0 Å². The van der Waals surface area contributed by atoms with Gasteiger partial charge in [0.15, 0.2) is 28.8 Å². The molecule has 6 heteroatoms. The minimum atomic E-state index is -0.404. The maximum Gasteiger partial charge on any atom is 0.182 e. The summed E-state index contributed by atoms with van der Waals surface area (Å²) in [5.74, 6) is 0.0450. The molecule has 0 saturated carbocycles. The number of aromatic hydroxyl groups is 1. The molecule has 0 fully saturated rings. The van der Waals surface area contributed by atoms with E-state index in [1.54, 1.807) is 42.5 Å². The molecule has 0 aliphatic heterocycles. The van der Waals surface area contributed by atoms with Gasteiger partial charge in [0.05, 0.1) is 14.2 Å². The predicted octanol–water partition coefficient (Wildman–Crippen LogP) is 4.28. The molecule has 28 heavy (non-hydrogen) atoms. The van der Waals surface area contributed by atoms with Crippen molar-refractivity contribution in [2.75, 3.05) is 14.2 Å². The number of ketones is 1. The molecule has 0 radical (unpaired) electrons. The average Bonchev–Trinajstić information content (AvgIpc) is 2.86. The Hall–Kier alpha value is -3.67. The van der Waals surface area contributed by atoms with Gasteiger partial charge in [0.2, 0.25) is 0 Å². The zero-order valence-electron chi connectivity index (χ0n) is 15.6. The van der Waals surface area contributed by atoms with E-state index in [0.717, 1.165) is 11.6 Å². The highest BCUT2D eigenvalue weighted by atomic mass is 16.5. The first kappa shape index (κ1) is 20.6. The first-order valence-corrected chi connectivity index (χ1v) is 8.45. The van der Waals surface area contributed by atoms with Crippen molar-refractivity contribution in [1.29, 1.82) is 0 Å². The highest BCUT2D eigenvalue weighted by Gasteiger charge is 2.05. The van der Waals surface area contributed by atoms with Crippen LogP contribution in [-0.2, 0) is 9.53 Å². The van der Waals surface area contributed by atoms with Crippen LogP contribution >= 0.6 is 0 Å². The van der Waals surface area contributed by atoms with Crippen LogP contribution in [0.1, 0.15) is 12.0 Å². The molecule has 1 aliphatic carbocycles. The first-order chi connectivity index (χ1) is 13.4. The topological polar surface area (TPSA) is 96.2 Å².